The van der Waals surface area contributed by atoms with Gasteiger partial charge in [-0.05, 0) is 17.7 Å². The molecule has 0 saturated carbocycles. The zero-order valence-electron chi connectivity index (χ0n) is 12.8. The van der Waals surface area contributed by atoms with Gasteiger partial charge in [0.05, 0.1) is 5.69 Å². The van der Waals surface area contributed by atoms with Gasteiger partial charge in [-0.15, -0.1) is 0 Å². The fraction of sp³-hybridized carbons (Fsp3) is 0.211. The Morgan fingerprint density at radius 1 is 1.04 bits per heavy atom. The van der Waals surface area contributed by atoms with Gasteiger partial charge in [0.1, 0.15) is 5.82 Å². The molecule has 2 aromatic carbocycles. The van der Waals surface area contributed by atoms with Crippen LogP contribution in [-0.2, 0) is 19.5 Å². The molecule has 4 heteroatoms. The van der Waals surface area contributed by atoms with E-state index in [0.29, 0.717) is 5.56 Å². The number of rotatable bonds is 3. The lowest BCUT2D eigenvalue weighted by molar-refractivity contribution is 0.245. The Labute approximate surface area is 134 Å². The molecule has 0 spiro atoms. The smallest absolute Gasteiger partial charge is 0.132 e. The average molecular weight is 307 g/mol. The molecule has 0 unspecified atom stereocenters. The molecule has 1 N–H and O–H groups in total. The van der Waals surface area contributed by atoms with E-state index in [9.17, 15) is 4.39 Å². The second-order valence-corrected chi connectivity index (χ2v) is 5.96. The molecular formula is C19H18FN3. The molecule has 0 radical (unpaired) electrons. The van der Waals surface area contributed by atoms with Crippen LogP contribution < -0.4 is 0 Å². The van der Waals surface area contributed by atoms with Gasteiger partial charge < -0.3 is 0 Å². The topological polar surface area (TPSA) is 31.9 Å². The molecule has 0 atom stereocenters. The summed E-state index contributed by atoms with van der Waals surface area (Å²) in [5, 5.41) is 7.47. The second kappa shape index (κ2) is 5.97. The molecule has 3 nitrogen and oxygen atoms in total. The first kappa shape index (κ1) is 14.2. The SMILES string of the molecule is Fc1ccccc1-c1n[nH]c2c1CN(Cc1ccccc1)CC2. The van der Waals surface area contributed by atoms with Crippen LogP contribution >= 0.6 is 0 Å². The monoisotopic (exact) mass is 307 g/mol. The molecule has 116 valence electrons. The molecule has 23 heavy (non-hydrogen) atoms. The minimum Gasteiger partial charge on any atom is -0.294 e. The highest BCUT2D eigenvalue weighted by Gasteiger charge is 2.23. The van der Waals surface area contributed by atoms with Crippen LogP contribution in [0.5, 0.6) is 0 Å². The Hall–Kier alpha value is -2.46. The Balaban J connectivity index is 1.62. The number of hydrogen-bond donors (Lipinski definition) is 1. The lowest BCUT2D eigenvalue weighted by Crippen LogP contribution is -2.30. The lowest BCUT2D eigenvalue weighted by Gasteiger charge is -2.27. The van der Waals surface area contributed by atoms with Gasteiger partial charge in [0.2, 0.25) is 0 Å². The number of H-pyrrole nitrogens is 1. The maximum Gasteiger partial charge on any atom is 0.132 e. The standard InChI is InChI=1S/C19H18FN3/c20-17-9-5-4-8-15(17)19-16-13-23(11-10-18(16)21-22-19)12-14-6-2-1-3-7-14/h1-9H,10-13H2,(H,21,22). The second-order valence-electron chi connectivity index (χ2n) is 5.96. The zero-order valence-corrected chi connectivity index (χ0v) is 12.8. The van der Waals surface area contributed by atoms with Crippen molar-refractivity contribution in [3.05, 3.63) is 77.2 Å². The van der Waals surface area contributed by atoms with E-state index in [-0.39, 0.29) is 5.82 Å². The van der Waals surface area contributed by atoms with Crippen LogP contribution in [0, 0.1) is 5.82 Å². The summed E-state index contributed by atoms with van der Waals surface area (Å²) in [5.41, 5.74) is 4.87. The summed E-state index contributed by atoms with van der Waals surface area (Å²) >= 11 is 0. The van der Waals surface area contributed by atoms with Crippen LogP contribution in [0.15, 0.2) is 54.6 Å². The van der Waals surface area contributed by atoms with Crippen molar-refractivity contribution in [2.75, 3.05) is 6.54 Å². The first-order chi connectivity index (χ1) is 11.3. The van der Waals surface area contributed by atoms with Gasteiger partial charge in [-0.3, -0.25) is 10.00 Å². The van der Waals surface area contributed by atoms with Crippen LogP contribution in [0.1, 0.15) is 16.8 Å². The van der Waals surface area contributed by atoms with Gasteiger partial charge in [0.15, 0.2) is 0 Å². The first-order valence-electron chi connectivity index (χ1n) is 7.88. The molecule has 0 amide bonds. The highest BCUT2D eigenvalue weighted by Crippen LogP contribution is 2.30. The molecule has 0 aliphatic carbocycles. The van der Waals surface area contributed by atoms with Crippen molar-refractivity contribution in [3.8, 4) is 11.3 Å². The van der Waals surface area contributed by atoms with Gasteiger partial charge in [0.25, 0.3) is 0 Å². The van der Waals surface area contributed by atoms with Crippen LogP contribution in [-0.4, -0.2) is 21.6 Å². The Morgan fingerprint density at radius 3 is 2.65 bits per heavy atom. The first-order valence-corrected chi connectivity index (χ1v) is 7.88. The van der Waals surface area contributed by atoms with Crippen molar-refractivity contribution in [3.63, 3.8) is 0 Å². The van der Waals surface area contributed by atoms with Crippen molar-refractivity contribution < 1.29 is 4.39 Å². The van der Waals surface area contributed by atoms with E-state index in [1.54, 1.807) is 12.1 Å². The highest BCUT2D eigenvalue weighted by atomic mass is 19.1. The Bertz CT molecular complexity index is 810. The summed E-state index contributed by atoms with van der Waals surface area (Å²) in [5.74, 6) is -0.220. The molecule has 2 heterocycles. The molecule has 0 fully saturated rings. The predicted octanol–water partition coefficient (Wildman–Crippen LogP) is 3.77. The quantitative estimate of drug-likeness (QED) is 0.798. The summed E-state index contributed by atoms with van der Waals surface area (Å²) in [6.07, 6.45) is 0.920. The van der Waals surface area contributed by atoms with Crippen LogP contribution in [0.25, 0.3) is 11.3 Å². The predicted molar refractivity (Wildman–Crippen MR) is 88.2 cm³/mol. The Kier molecular flexibility index (Phi) is 3.67. The summed E-state index contributed by atoms with van der Waals surface area (Å²) < 4.78 is 14.1. The Morgan fingerprint density at radius 2 is 1.83 bits per heavy atom. The summed E-state index contributed by atoms with van der Waals surface area (Å²) in [6.45, 7) is 2.69. The molecule has 1 aliphatic rings. The normalized spacial score (nSPS) is 14.7. The molecular weight excluding hydrogens is 289 g/mol. The number of aromatic amines is 1. The minimum atomic E-state index is -0.220. The van der Waals surface area contributed by atoms with E-state index in [1.807, 2.05) is 12.1 Å². The van der Waals surface area contributed by atoms with Crippen LogP contribution in [0.4, 0.5) is 4.39 Å². The van der Waals surface area contributed by atoms with E-state index in [0.717, 1.165) is 43.0 Å². The van der Waals surface area contributed by atoms with E-state index >= 15 is 0 Å². The third kappa shape index (κ3) is 2.78. The number of fused-ring (bicyclic) bond motifs is 1. The van der Waals surface area contributed by atoms with Crippen molar-refractivity contribution in [1.82, 2.24) is 15.1 Å². The van der Waals surface area contributed by atoms with E-state index in [2.05, 4.69) is 39.4 Å². The van der Waals surface area contributed by atoms with Crippen LogP contribution in [0.2, 0.25) is 0 Å². The lowest BCUT2D eigenvalue weighted by atomic mass is 10.0. The summed E-state index contributed by atoms with van der Waals surface area (Å²) in [4.78, 5) is 2.39. The highest BCUT2D eigenvalue weighted by molar-refractivity contribution is 5.64. The zero-order chi connectivity index (χ0) is 15.6. The number of hydrogen-bond acceptors (Lipinski definition) is 2. The third-order valence-electron chi connectivity index (χ3n) is 4.39. The minimum absolute atomic E-state index is 0.220. The van der Waals surface area contributed by atoms with Crippen molar-refractivity contribution in [2.45, 2.75) is 19.5 Å². The maximum atomic E-state index is 14.1. The molecule has 3 aromatic rings. The van der Waals surface area contributed by atoms with E-state index in [1.165, 1.54) is 11.6 Å². The fourth-order valence-corrected chi connectivity index (χ4v) is 3.20. The fourth-order valence-electron chi connectivity index (χ4n) is 3.20. The number of halogens is 1. The van der Waals surface area contributed by atoms with Gasteiger partial charge >= 0.3 is 0 Å². The molecule has 1 aromatic heterocycles. The van der Waals surface area contributed by atoms with Crippen molar-refractivity contribution in [2.24, 2.45) is 0 Å². The van der Waals surface area contributed by atoms with Crippen LogP contribution in [0.3, 0.4) is 0 Å². The maximum absolute atomic E-state index is 14.1. The van der Waals surface area contributed by atoms with Gasteiger partial charge in [-0.25, -0.2) is 4.39 Å². The molecule has 1 aliphatic heterocycles. The molecule has 0 bridgehead atoms. The summed E-state index contributed by atoms with van der Waals surface area (Å²) in [6, 6.07) is 17.3. The van der Waals surface area contributed by atoms with Gasteiger partial charge in [0, 0.05) is 42.9 Å². The number of nitrogens with one attached hydrogen (secondary N) is 1. The number of benzene rings is 2. The number of nitrogens with zero attached hydrogens (tertiary/aromatic N) is 2. The van der Waals surface area contributed by atoms with Crippen molar-refractivity contribution in [1.29, 1.82) is 0 Å². The molecule has 0 saturated heterocycles. The number of aromatic nitrogens is 2. The average Bonchev–Trinajstić information content (AvgIpc) is 2.99. The van der Waals surface area contributed by atoms with Crippen molar-refractivity contribution >= 4 is 0 Å². The molecule has 4 rings (SSSR count). The summed E-state index contributed by atoms with van der Waals surface area (Å²) in [7, 11) is 0. The van der Waals surface area contributed by atoms with Gasteiger partial charge in [-0.2, -0.15) is 5.10 Å². The third-order valence-corrected chi connectivity index (χ3v) is 4.39. The largest absolute Gasteiger partial charge is 0.294 e. The van der Waals surface area contributed by atoms with Gasteiger partial charge in [-0.1, -0.05) is 42.5 Å². The van der Waals surface area contributed by atoms with E-state index < -0.39 is 0 Å². The van der Waals surface area contributed by atoms with E-state index in [4.69, 9.17) is 0 Å².